The van der Waals surface area contributed by atoms with Crippen LogP contribution >= 0.6 is 15.9 Å². The Labute approximate surface area is 143 Å². The van der Waals surface area contributed by atoms with Crippen LogP contribution in [0.4, 0.5) is 4.79 Å². The maximum Gasteiger partial charge on any atom is 0.407 e. The highest BCUT2D eigenvalue weighted by molar-refractivity contribution is 9.10. The Morgan fingerprint density at radius 2 is 1.78 bits per heavy atom. The Kier molecular flexibility index (Phi) is 8.32. The quantitative estimate of drug-likeness (QED) is 0.549. The number of benzene rings is 1. The SMILES string of the molecule is CC(C)COC(=O)NCCC(=O)OCC(=O)c1ccc(Br)cc1. The molecule has 0 aliphatic rings. The zero-order valence-electron chi connectivity index (χ0n) is 13.1. The average Bonchev–Trinajstić information content (AvgIpc) is 2.51. The van der Waals surface area contributed by atoms with Crippen LogP contribution in [-0.4, -0.2) is 37.6 Å². The zero-order valence-corrected chi connectivity index (χ0v) is 14.7. The molecular weight excluding hydrogens is 366 g/mol. The van der Waals surface area contributed by atoms with Gasteiger partial charge in [-0.1, -0.05) is 41.9 Å². The van der Waals surface area contributed by atoms with Crippen LogP contribution in [-0.2, 0) is 14.3 Å². The van der Waals surface area contributed by atoms with Gasteiger partial charge in [0.15, 0.2) is 12.4 Å². The number of halogens is 1. The summed E-state index contributed by atoms with van der Waals surface area (Å²) in [5, 5.41) is 2.44. The molecule has 0 radical (unpaired) electrons. The largest absolute Gasteiger partial charge is 0.457 e. The Balaban J connectivity index is 2.20. The van der Waals surface area contributed by atoms with E-state index in [0.717, 1.165) is 4.47 Å². The highest BCUT2D eigenvalue weighted by Gasteiger charge is 2.11. The molecule has 1 rings (SSSR count). The molecule has 1 amide bonds. The number of alkyl carbamates (subject to hydrolysis) is 1. The average molecular weight is 386 g/mol. The molecule has 1 N–H and O–H groups in total. The third-order valence-electron chi connectivity index (χ3n) is 2.68. The molecule has 1 aromatic rings. The number of rotatable bonds is 8. The van der Waals surface area contributed by atoms with E-state index in [1.54, 1.807) is 24.3 Å². The number of Topliss-reactive ketones (excluding diaryl/α,β-unsaturated/α-hetero) is 1. The molecule has 0 fully saturated rings. The lowest BCUT2D eigenvalue weighted by Gasteiger charge is -2.08. The maximum absolute atomic E-state index is 11.8. The fourth-order valence-corrected chi connectivity index (χ4v) is 1.76. The molecule has 0 heterocycles. The monoisotopic (exact) mass is 385 g/mol. The number of carbonyl (C=O) groups is 3. The minimum Gasteiger partial charge on any atom is -0.457 e. The molecule has 23 heavy (non-hydrogen) atoms. The molecule has 0 spiro atoms. The van der Waals surface area contributed by atoms with Gasteiger partial charge in [-0.05, 0) is 18.1 Å². The maximum atomic E-state index is 11.8. The molecule has 126 valence electrons. The Morgan fingerprint density at radius 3 is 2.39 bits per heavy atom. The number of ether oxygens (including phenoxy) is 2. The van der Waals surface area contributed by atoms with Crippen molar-refractivity contribution in [2.24, 2.45) is 5.92 Å². The summed E-state index contributed by atoms with van der Waals surface area (Å²) < 4.78 is 10.6. The molecule has 0 saturated carbocycles. The van der Waals surface area contributed by atoms with Crippen LogP contribution in [0.5, 0.6) is 0 Å². The van der Waals surface area contributed by atoms with Crippen molar-refractivity contribution in [3.05, 3.63) is 34.3 Å². The van der Waals surface area contributed by atoms with Crippen LogP contribution in [0.25, 0.3) is 0 Å². The van der Waals surface area contributed by atoms with Crippen molar-refractivity contribution < 1.29 is 23.9 Å². The summed E-state index contributed by atoms with van der Waals surface area (Å²) in [6.45, 7) is 3.94. The first-order valence-corrected chi connectivity index (χ1v) is 8.02. The van der Waals surface area contributed by atoms with Crippen molar-refractivity contribution in [2.75, 3.05) is 19.8 Å². The van der Waals surface area contributed by atoms with Crippen LogP contribution in [0.3, 0.4) is 0 Å². The molecule has 0 unspecified atom stereocenters. The van der Waals surface area contributed by atoms with Gasteiger partial charge in [0.1, 0.15) is 0 Å². The Morgan fingerprint density at radius 1 is 1.13 bits per heavy atom. The summed E-state index contributed by atoms with van der Waals surface area (Å²) in [7, 11) is 0. The van der Waals surface area contributed by atoms with E-state index < -0.39 is 12.1 Å². The van der Waals surface area contributed by atoms with E-state index in [2.05, 4.69) is 21.2 Å². The van der Waals surface area contributed by atoms with Crippen LogP contribution < -0.4 is 5.32 Å². The zero-order chi connectivity index (χ0) is 17.2. The summed E-state index contributed by atoms with van der Waals surface area (Å²) in [5.74, 6) is -0.592. The van der Waals surface area contributed by atoms with Crippen molar-refractivity contribution in [2.45, 2.75) is 20.3 Å². The smallest absolute Gasteiger partial charge is 0.407 e. The van der Waals surface area contributed by atoms with Crippen molar-refractivity contribution in [1.29, 1.82) is 0 Å². The topological polar surface area (TPSA) is 81.7 Å². The van der Waals surface area contributed by atoms with Crippen molar-refractivity contribution in [3.8, 4) is 0 Å². The number of hydrogen-bond donors (Lipinski definition) is 1. The second kappa shape index (κ2) is 9.99. The predicted molar refractivity (Wildman–Crippen MR) is 88.2 cm³/mol. The highest BCUT2D eigenvalue weighted by Crippen LogP contribution is 2.11. The second-order valence-corrected chi connectivity index (χ2v) is 6.18. The van der Waals surface area contributed by atoms with E-state index in [1.165, 1.54) is 0 Å². The molecule has 0 bridgehead atoms. The number of nitrogens with one attached hydrogen (secondary N) is 1. The lowest BCUT2D eigenvalue weighted by molar-refractivity contribution is -0.142. The van der Waals surface area contributed by atoms with E-state index in [4.69, 9.17) is 9.47 Å². The summed E-state index contributed by atoms with van der Waals surface area (Å²) >= 11 is 3.27. The van der Waals surface area contributed by atoms with Gasteiger partial charge in [0.05, 0.1) is 13.0 Å². The van der Waals surface area contributed by atoms with Gasteiger partial charge in [0, 0.05) is 16.6 Å². The first kappa shape index (κ1) is 19.2. The molecule has 0 saturated heterocycles. The minimum atomic E-state index is -0.572. The Hall–Kier alpha value is -1.89. The van der Waals surface area contributed by atoms with Crippen molar-refractivity contribution >= 4 is 33.8 Å². The second-order valence-electron chi connectivity index (χ2n) is 5.26. The molecule has 0 aliphatic carbocycles. The summed E-state index contributed by atoms with van der Waals surface area (Å²) in [5.41, 5.74) is 0.469. The molecule has 7 heteroatoms. The van der Waals surface area contributed by atoms with Gasteiger partial charge in [-0.2, -0.15) is 0 Å². The third-order valence-corrected chi connectivity index (χ3v) is 3.21. The van der Waals surface area contributed by atoms with E-state index >= 15 is 0 Å². The fourth-order valence-electron chi connectivity index (χ4n) is 1.50. The molecule has 0 aromatic heterocycles. The lowest BCUT2D eigenvalue weighted by atomic mass is 10.1. The minimum absolute atomic E-state index is 0.0234. The Bertz CT molecular complexity index is 542. The van der Waals surface area contributed by atoms with Crippen molar-refractivity contribution in [3.63, 3.8) is 0 Å². The van der Waals surface area contributed by atoms with Gasteiger partial charge >= 0.3 is 12.1 Å². The summed E-state index contributed by atoms with van der Waals surface area (Å²) in [6.07, 6.45) is -0.595. The number of carbonyl (C=O) groups excluding carboxylic acids is 3. The van der Waals surface area contributed by atoms with Gasteiger partial charge in [-0.25, -0.2) is 4.79 Å². The van der Waals surface area contributed by atoms with E-state index in [0.29, 0.717) is 12.2 Å². The highest BCUT2D eigenvalue weighted by atomic mass is 79.9. The van der Waals surface area contributed by atoms with Gasteiger partial charge in [-0.3, -0.25) is 9.59 Å². The molecular formula is C16H20BrNO5. The molecule has 6 nitrogen and oxygen atoms in total. The van der Waals surface area contributed by atoms with E-state index in [-0.39, 0.29) is 31.3 Å². The molecule has 0 aliphatic heterocycles. The molecule has 1 aromatic carbocycles. The molecule has 0 atom stereocenters. The van der Waals surface area contributed by atoms with Gasteiger partial charge in [0.25, 0.3) is 0 Å². The van der Waals surface area contributed by atoms with Crippen LogP contribution in [0.15, 0.2) is 28.7 Å². The number of hydrogen-bond acceptors (Lipinski definition) is 5. The predicted octanol–water partition coefficient (Wildman–Crippen LogP) is 2.95. The summed E-state index contributed by atoms with van der Waals surface area (Å²) in [4.78, 5) is 34.6. The van der Waals surface area contributed by atoms with Crippen LogP contribution in [0.2, 0.25) is 0 Å². The van der Waals surface area contributed by atoms with Gasteiger partial charge < -0.3 is 14.8 Å². The first-order valence-electron chi connectivity index (χ1n) is 7.23. The number of ketones is 1. The number of esters is 1. The van der Waals surface area contributed by atoms with Crippen molar-refractivity contribution in [1.82, 2.24) is 5.32 Å². The van der Waals surface area contributed by atoms with E-state index in [1.807, 2.05) is 13.8 Å². The van der Waals surface area contributed by atoms with Crippen LogP contribution in [0, 0.1) is 5.92 Å². The fraction of sp³-hybridized carbons (Fsp3) is 0.438. The third kappa shape index (κ3) is 8.35. The van der Waals surface area contributed by atoms with Gasteiger partial charge in [0.2, 0.25) is 0 Å². The van der Waals surface area contributed by atoms with Crippen LogP contribution in [0.1, 0.15) is 30.6 Å². The van der Waals surface area contributed by atoms with Gasteiger partial charge in [-0.15, -0.1) is 0 Å². The van der Waals surface area contributed by atoms with E-state index in [9.17, 15) is 14.4 Å². The summed E-state index contributed by atoms with van der Waals surface area (Å²) in [6, 6.07) is 6.77. The number of amides is 1. The normalized spacial score (nSPS) is 10.3. The standard InChI is InChI=1S/C16H20BrNO5/c1-11(2)9-23-16(21)18-8-7-15(20)22-10-14(19)12-3-5-13(17)6-4-12/h3-6,11H,7-10H2,1-2H3,(H,18,21). The first-order chi connectivity index (χ1) is 10.9. The lowest BCUT2D eigenvalue weighted by Crippen LogP contribution is -2.28.